The Morgan fingerprint density at radius 1 is 0.870 bits per heavy atom. The maximum atomic E-state index is 6.76. The number of alkyl halides is 1. The molecular formula is C20H21ClN2. The minimum atomic E-state index is -0.550. The zero-order chi connectivity index (χ0) is 15.7. The third-order valence-electron chi connectivity index (χ3n) is 5.08. The van der Waals surface area contributed by atoms with Gasteiger partial charge in [-0.1, -0.05) is 60.1 Å². The molecule has 0 aromatic heterocycles. The Hall–Kier alpha value is -1.67. The van der Waals surface area contributed by atoms with Crippen LogP contribution in [0.2, 0.25) is 0 Å². The number of halogens is 1. The molecule has 0 saturated carbocycles. The monoisotopic (exact) mass is 324 g/mol. The van der Waals surface area contributed by atoms with Crippen LogP contribution in [-0.4, -0.2) is 11.0 Å². The minimum absolute atomic E-state index is 0.276. The molecule has 0 bridgehead atoms. The van der Waals surface area contributed by atoms with Crippen LogP contribution in [0.1, 0.15) is 35.1 Å². The van der Waals surface area contributed by atoms with Gasteiger partial charge in [0.25, 0.3) is 0 Å². The van der Waals surface area contributed by atoms with Gasteiger partial charge in [0.15, 0.2) is 5.00 Å². The molecule has 2 aliphatic rings. The van der Waals surface area contributed by atoms with Crippen molar-refractivity contribution in [2.45, 2.75) is 49.6 Å². The van der Waals surface area contributed by atoms with E-state index in [4.69, 9.17) is 11.6 Å². The van der Waals surface area contributed by atoms with Crippen LogP contribution in [0.4, 0.5) is 0 Å². The first-order chi connectivity index (χ1) is 11.2. The van der Waals surface area contributed by atoms with Crippen molar-refractivity contribution in [3.63, 3.8) is 0 Å². The third kappa shape index (κ3) is 3.18. The number of aryl methyl sites for hydroxylation is 2. The summed E-state index contributed by atoms with van der Waals surface area (Å²) in [5.41, 5.74) is 5.61. The molecule has 4 rings (SSSR count). The normalized spacial score (nSPS) is 26.7. The van der Waals surface area contributed by atoms with E-state index in [-0.39, 0.29) is 6.04 Å². The third-order valence-corrected chi connectivity index (χ3v) is 5.48. The maximum absolute atomic E-state index is 6.76. The summed E-state index contributed by atoms with van der Waals surface area (Å²) in [4.78, 5) is -0.550. The fraction of sp³-hybridized carbons (Fsp3) is 0.400. The Kier molecular flexibility index (Phi) is 3.94. The first-order valence-electron chi connectivity index (χ1n) is 8.46. The van der Waals surface area contributed by atoms with E-state index in [1.54, 1.807) is 0 Å². The van der Waals surface area contributed by atoms with Gasteiger partial charge in [0.2, 0.25) is 0 Å². The summed E-state index contributed by atoms with van der Waals surface area (Å²) in [7, 11) is 0. The zero-order valence-electron chi connectivity index (χ0n) is 13.2. The number of benzene rings is 2. The largest absolute Gasteiger partial charge is 0.189 e. The Balaban J connectivity index is 1.47. The van der Waals surface area contributed by atoms with Crippen LogP contribution in [0.3, 0.4) is 0 Å². The van der Waals surface area contributed by atoms with Crippen LogP contribution < -0.4 is 0 Å². The summed E-state index contributed by atoms with van der Waals surface area (Å²) < 4.78 is 0. The summed E-state index contributed by atoms with van der Waals surface area (Å²) in [6.07, 6.45) is 5.81. The molecule has 2 atom stereocenters. The molecule has 0 spiro atoms. The standard InChI is InChI=1S/C20H21ClN2/c21-20(12-11-16-6-2-4-8-18(16)14-20)23-22-19-10-9-15-5-1-3-7-17(15)13-19/h1-8,19H,9-14H2. The second kappa shape index (κ2) is 6.09. The molecule has 0 fully saturated rings. The van der Waals surface area contributed by atoms with Crippen molar-refractivity contribution >= 4 is 11.6 Å². The average molecular weight is 325 g/mol. The molecule has 23 heavy (non-hydrogen) atoms. The first-order valence-corrected chi connectivity index (χ1v) is 8.84. The number of hydrogen-bond acceptors (Lipinski definition) is 2. The summed E-state index contributed by atoms with van der Waals surface area (Å²) in [5, 5.41) is 9.24. The van der Waals surface area contributed by atoms with E-state index in [0.717, 1.165) is 38.5 Å². The number of nitrogens with zero attached hydrogens (tertiary/aromatic N) is 2. The predicted molar refractivity (Wildman–Crippen MR) is 94.2 cm³/mol. The van der Waals surface area contributed by atoms with E-state index in [2.05, 4.69) is 58.8 Å². The van der Waals surface area contributed by atoms with Gasteiger partial charge < -0.3 is 0 Å². The maximum Gasteiger partial charge on any atom is 0.159 e. The molecule has 2 nitrogen and oxygen atoms in total. The van der Waals surface area contributed by atoms with E-state index < -0.39 is 5.00 Å². The predicted octanol–water partition coefficient (Wildman–Crippen LogP) is 5.12. The Morgan fingerprint density at radius 2 is 1.52 bits per heavy atom. The molecule has 0 radical (unpaired) electrons. The van der Waals surface area contributed by atoms with Crippen LogP contribution >= 0.6 is 11.6 Å². The fourth-order valence-electron chi connectivity index (χ4n) is 3.73. The molecule has 0 heterocycles. The summed E-state index contributed by atoms with van der Waals surface area (Å²) in [5.74, 6) is 0. The summed E-state index contributed by atoms with van der Waals surface area (Å²) in [6.45, 7) is 0. The van der Waals surface area contributed by atoms with Gasteiger partial charge in [0, 0.05) is 6.42 Å². The molecule has 2 aromatic carbocycles. The van der Waals surface area contributed by atoms with Gasteiger partial charge in [0.05, 0.1) is 6.04 Å². The van der Waals surface area contributed by atoms with Crippen molar-refractivity contribution in [2.75, 3.05) is 0 Å². The lowest BCUT2D eigenvalue weighted by molar-refractivity contribution is 0.458. The van der Waals surface area contributed by atoms with Gasteiger partial charge in [-0.15, -0.1) is 0 Å². The van der Waals surface area contributed by atoms with Crippen LogP contribution in [0.25, 0.3) is 0 Å². The van der Waals surface area contributed by atoms with Crippen molar-refractivity contribution in [2.24, 2.45) is 10.2 Å². The lowest BCUT2D eigenvalue weighted by Crippen LogP contribution is -2.28. The molecule has 118 valence electrons. The smallest absolute Gasteiger partial charge is 0.159 e. The van der Waals surface area contributed by atoms with Crippen LogP contribution in [0.5, 0.6) is 0 Å². The van der Waals surface area contributed by atoms with Gasteiger partial charge in [-0.25, -0.2) is 0 Å². The number of rotatable bonds is 2. The van der Waals surface area contributed by atoms with E-state index >= 15 is 0 Å². The quantitative estimate of drug-likeness (QED) is 0.416. The van der Waals surface area contributed by atoms with Crippen molar-refractivity contribution in [3.8, 4) is 0 Å². The molecule has 2 aliphatic carbocycles. The summed E-state index contributed by atoms with van der Waals surface area (Å²) >= 11 is 6.76. The molecule has 0 aliphatic heterocycles. The van der Waals surface area contributed by atoms with Gasteiger partial charge in [-0.3, -0.25) is 0 Å². The summed E-state index contributed by atoms with van der Waals surface area (Å²) in [6, 6.07) is 17.5. The highest BCUT2D eigenvalue weighted by Gasteiger charge is 2.32. The Labute approximate surface area is 142 Å². The van der Waals surface area contributed by atoms with E-state index in [1.807, 2.05) is 0 Å². The van der Waals surface area contributed by atoms with Crippen molar-refractivity contribution in [3.05, 3.63) is 70.8 Å². The van der Waals surface area contributed by atoms with Crippen LogP contribution in [-0.2, 0) is 25.7 Å². The Morgan fingerprint density at radius 3 is 2.30 bits per heavy atom. The van der Waals surface area contributed by atoms with Crippen molar-refractivity contribution in [1.29, 1.82) is 0 Å². The lowest BCUT2D eigenvalue weighted by atomic mass is 9.88. The first kappa shape index (κ1) is 14.9. The second-order valence-electron chi connectivity index (χ2n) is 6.74. The van der Waals surface area contributed by atoms with Gasteiger partial charge in [-0.05, 0) is 54.4 Å². The van der Waals surface area contributed by atoms with Crippen molar-refractivity contribution < 1.29 is 0 Å². The van der Waals surface area contributed by atoms with Crippen LogP contribution in [0, 0.1) is 0 Å². The number of hydrogen-bond donors (Lipinski definition) is 0. The van der Waals surface area contributed by atoms with E-state index in [9.17, 15) is 0 Å². The fourth-order valence-corrected chi connectivity index (χ4v) is 4.01. The molecule has 0 saturated heterocycles. The molecule has 0 N–H and O–H groups in total. The van der Waals surface area contributed by atoms with Gasteiger partial charge in [-0.2, -0.15) is 10.2 Å². The highest BCUT2D eigenvalue weighted by molar-refractivity contribution is 6.24. The topological polar surface area (TPSA) is 24.7 Å². The molecule has 0 amide bonds. The molecule has 3 heteroatoms. The van der Waals surface area contributed by atoms with E-state index in [0.29, 0.717) is 0 Å². The molecule has 2 aromatic rings. The van der Waals surface area contributed by atoms with Crippen LogP contribution in [0.15, 0.2) is 58.8 Å². The number of fused-ring (bicyclic) bond motifs is 2. The van der Waals surface area contributed by atoms with Gasteiger partial charge >= 0.3 is 0 Å². The van der Waals surface area contributed by atoms with Crippen molar-refractivity contribution in [1.82, 2.24) is 0 Å². The minimum Gasteiger partial charge on any atom is -0.189 e. The zero-order valence-corrected chi connectivity index (χ0v) is 14.0. The highest BCUT2D eigenvalue weighted by atomic mass is 35.5. The number of azo groups is 1. The highest BCUT2D eigenvalue weighted by Crippen LogP contribution is 2.36. The lowest BCUT2D eigenvalue weighted by Gasteiger charge is -2.29. The molecule has 2 unspecified atom stereocenters. The average Bonchev–Trinajstić information content (AvgIpc) is 2.60. The van der Waals surface area contributed by atoms with Gasteiger partial charge in [0.1, 0.15) is 0 Å². The second-order valence-corrected chi connectivity index (χ2v) is 7.45. The SMILES string of the molecule is ClC1(N=NC2CCc3ccccc3C2)CCc2ccccc2C1. The van der Waals surface area contributed by atoms with E-state index in [1.165, 1.54) is 22.3 Å². The Bertz CT molecular complexity index is 740. The molecular weight excluding hydrogens is 304 g/mol.